The molecule has 0 N–H and O–H groups in total. The van der Waals surface area contributed by atoms with Crippen LogP contribution in [-0.2, 0) is 78.7 Å². The number of methoxy groups -OCH3 is 1. The number of rotatable bonds is 16. The fraction of sp³-hybridized carbons (Fsp3) is 0.530. The summed E-state index contributed by atoms with van der Waals surface area (Å²) in [5.74, 6) is 0.683. The van der Waals surface area contributed by atoms with E-state index in [1.807, 2.05) is 236 Å². The molecular formula is C83H129N4O8Re+. The van der Waals surface area contributed by atoms with Gasteiger partial charge in [-0.25, -0.2) is 9.36 Å². The summed E-state index contributed by atoms with van der Waals surface area (Å²) in [4.78, 5) is 17.7. The SMILES string of the molecule is CC.CC.CC.CC1COC(c2ccccc2)(c2ccccc2)O1.CCCC.CN1CCC2(CC1)OC(=O)C(c1ccccc1)(c1ccccc1)O2.COc1ccccc1COCCCCCCOC(C)C.C[C-]1CCN(C)CC1.C[N+]1(C)CC=CCC1.C[n+]1ccccc1.[Re]. The Hall–Kier alpha value is -5.40. The van der Waals surface area contributed by atoms with Crippen LogP contribution >= 0.6 is 0 Å². The first-order valence-corrected chi connectivity index (χ1v) is 35.8. The molecule has 1 aromatic heterocycles. The van der Waals surface area contributed by atoms with Crippen LogP contribution < -0.4 is 9.30 Å². The van der Waals surface area contributed by atoms with E-state index in [-0.39, 0.29) is 32.5 Å². The van der Waals surface area contributed by atoms with Crippen LogP contribution in [0.4, 0.5) is 0 Å². The Balaban J connectivity index is 0.000000585. The summed E-state index contributed by atoms with van der Waals surface area (Å²) in [5, 5.41) is 0. The summed E-state index contributed by atoms with van der Waals surface area (Å²) >= 11 is 0. The minimum atomic E-state index is -1.18. The first kappa shape index (κ1) is 88.6. The zero-order chi connectivity index (χ0) is 70.2. The van der Waals surface area contributed by atoms with Crippen LogP contribution in [0.3, 0.4) is 0 Å². The van der Waals surface area contributed by atoms with E-state index in [2.05, 4.69) is 84.8 Å². The number of carbonyl (C=O) groups is 1. The van der Waals surface area contributed by atoms with Gasteiger partial charge in [-0.05, 0) is 84.1 Å². The van der Waals surface area contributed by atoms with E-state index in [0.29, 0.717) is 32.2 Å². The molecule has 4 fully saturated rings. The third kappa shape index (κ3) is 32.5. The number of carbonyl (C=O) groups excluding carboxylic acids is 1. The number of benzene rings is 5. The maximum atomic E-state index is 13.1. The number of nitrogens with zero attached hydrogens (tertiary/aromatic N) is 4. The molecule has 12 nitrogen and oxygen atoms in total. The van der Waals surface area contributed by atoms with Gasteiger partial charge in [0, 0.05) is 94.8 Å². The largest absolute Gasteiger partial charge is 0.496 e. The third-order valence-electron chi connectivity index (χ3n) is 16.2. The van der Waals surface area contributed by atoms with E-state index >= 15 is 0 Å². The van der Waals surface area contributed by atoms with Crippen LogP contribution in [0, 0.1) is 5.92 Å². The molecule has 0 saturated carbocycles. The molecule has 535 valence electrons. The second-order valence-electron chi connectivity index (χ2n) is 24.8. The summed E-state index contributed by atoms with van der Waals surface area (Å²) < 4.78 is 44.1. The number of para-hydroxylation sites is 1. The Labute approximate surface area is 598 Å². The number of aryl methyl sites for hydroxylation is 1. The minimum Gasteiger partial charge on any atom is -0.496 e. The number of likely N-dealkylation sites (N-methyl/N-ethyl adjacent to an activating group) is 1. The molecule has 5 aliphatic rings. The average Bonchev–Trinajstić information content (AvgIpc) is 1.57. The fourth-order valence-electron chi connectivity index (χ4n) is 10.4. The number of hydrogen-bond donors (Lipinski definition) is 0. The van der Waals surface area contributed by atoms with E-state index in [9.17, 15) is 4.79 Å². The van der Waals surface area contributed by atoms with Gasteiger partial charge in [-0.15, -0.1) is 0 Å². The molecule has 1 unspecified atom stereocenters. The first-order chi connectivity index (χ1) is 46.0. The predicted molar refractivity (Wildman–Crippen MR) is 396 cm³/mol. The Morgan fingerprint density at radius 1 is 0.635 bits per heavy atom. The second-order valence-corrected chi connectivity index (χ2v) is 24.8. The van der Waals surface area contributed by atoms with Gasteiger partial charge in [0.05, 0.1) is 59.7 Å². The van der Waals surface area contributed by atoms with E-state index in [4.69, 9.17) is 33.2 Å². The van der Waals surface area contributed by atoms with Crippen LogP contribution in [0.2, 0.25) is 0 Å². The number of pyridine rings is 1. The Morgan fingerprint density at radius 2 is 1.09 bits per heavy atom. The summed E-state index contributed by atoms with van der Waals surface area (Å²) in [6, 6.07) is 53.5. The molecule has 1 spiro atoms. The summed E-state index contributed by atoms with van der Waals surface area (Å²) in [6.45, 7) is 34.5. The standard InChI is InChI=1S/C20H21NO3.C17H28O3.C16H16O2.2C7H14N.C6H8N.C4H10.3C2H6.Re/c1-21-14-12-19(13-15-21)23-18(22)20(24-19,16-8-4-2-5-9-16)17-10-6-3-7-11-17;1-15(2)20-13-9-5-4-8-12-19-14-16-10-6-7-11-17(16)18-3;1-13-12-17-16(18-13,14-8-4-2-5-9-14)15-10-6-3-7-11-15;1-7-3-5-8(2)6-4-7;1-8(2)6-4-3-5-7-8;1-7-5-3-2-4-6-7;1-3-4-2;3*1-2;/h2-11H,12-15H2,1H3;6-7,10-11,15H,4-5,8-9,12-14H2,1-3H3;2-11,13H,12H2,1H3;3-6H2,1-2H3;3-4H,5-7H2,1-2H3;2-6H,1H3;3-4H2,1-2H3;3*1-2H3;/q;;;-1;2*+1;;;;;. The van der Waals surface area contributed by atoms with Gasteiger partial charge in [-0.1, -0.05) is 233 Å². The molecular weight excluding hydrogens is 1370 g/mol. The second kappa shape index (κ2) is 51.7. The van der Waals surface area contributed by atoms with Crippen molar-refractivity contribution in [1.82, 2.24) is 9.80 Å². The quantitative estimate of drug-likeness (QED) is 0.0233. The number of esters is 1. The normalized spacial score (nSPS) is 17.5. The van der Waals surface area contributed by atoms with Crippen LogP contribution in [0.5, 0.6) is 5.75 Å². The van der Waals surface area contributed by atoms with Crippen molar-refractivity contribution in [1.29, 1.82) is 0 Å². The number of hydrogen-bond acceptors (Lipinski definition) is 10. The Bertz CT molecular complexity index is 2720. The fourth-order valence-corrected chi connectivity index (χ4v) is 10.4. The van der Waals surface area contributed by atoms with Crippen molar-refractivity contribution < 1.29 is 67.4 Å². The van der Waals surface area contributed by atoms with Crippen molar-refractivity contribution in [3.05, 3.63) is 222 Å². The molecule has 0 aliphatic carbocycles. The maximum absolute atomic E-state index is 13.1. The van der Waals surface area contributed by atoms with Crippen LogP contribution in [-0.4, -0.2) is 133 Å². The first-order valence-electron chi connectivity index (χ1n) is 35.8. The third-order valence-corrected chi connectivity index (χ3v) is 16.2. The van der Waals surface area contributed by atoms with Crippen molar-refractivity contribution in [2.24, 2.45) is 7.05 Å². The molecule has 5 aromatic carbocycles. The Morgan fingerprint density at radius 3 is 1.49 bits per heavy atom. The van der Waals surface area contributed by atoms with Crippen LogP contribution in [0.15, 0.2) is 188 Å². The molecule has 96 heavy (non-hydrogen) atoms. The monoisotopic (exact) mass is 1500 g/mol. The molecule has 6 aromatic rings. The average molecular weight is 1500 g/mol. The molecule has 6 heterocycles. The number of quaternary nitrogens is 1. The van der Waals surface area contributed by atoms with Gasteiger partial charge in [-0.2, -0.15) is 19.8 Å². The van der Waals surface area contributed by atoms with Gasteiger partial charge in [0.1, 0.15) is 12.8 Å². The van der Waals surface area contributed by atoms with Gasteiger partial charge in [-0.3, -0.25) is 0 Å². The number of unbranched alkanes of at least 4 members (excludes halogenated alkanes) is 4. The Kier molecular flexibility index (Phi) is 47.8. The topological polar surface area (TPSA) is 92.0 Å². The van der Waals surface area contributed by atoms with Crippen molar-refractivity contribution in [2.45, 2.75) is 190 Å². The van der Waals surface area contributed by atoms with Crippen LogP contribution in [0.25, 0.3) is 0 Å². The van der Waals surface area contributed by atoms with Gasteiger partial charge in [0.15, 0.2) is 12.4 Å². The molecule has 1 radical (unpaired) electrons. The molecule has 0 bridgehead atoms. The maximum Gasteiger partial charge on any atom is 0.350 e. The van der Waals surface area contributed by atoms with Crippen molar-refractivity contribution in [3.63, 3.8) is 0 Å². The van der Waals surface area contributed by atoms with E-state index in [1.165, 1.54) is 71.1 Å². The number of aromatic nitrogens is 1. The predicted octanol–water partition coefficient (Wildman–Crippen LogP) is 18.2. The summed E-state index contributed by atoms with van der Waals surface area (Å²) in [6.07, 6.45) is 21.6. The molecule has 13 heteroatoms. The molecule has 11 rings (SSSR count). The van der Waals surface area contributed by atoms with Crippen molar-refractivity contribution in [3.8, 4) is 5.75 Å². The van der Waals surface area contributed by atoms with Crippen molar-refractivity contribution >= 4 is 5.97 Å². The number of piperidine rings is 2. The van der Waals surface area contributed by atoms with E-state index in [1.54, 1.807) is 13.0 Å². The van der Waals surface area contributed by atoms with Crippen LogP contribution in [0.1, 0.15) is 182 Å². The van der Waals surface area contributed by atoms with E-state index < -0.39 is 17.2 Å². The van der Waals surface area contributed by atoms with Gasteiger partial charge in [0.25, 0.3) is 0 Å². The summed E-state index contributed by atoms with van der Waals surface area (Å²) in [5.41, 5.74) is 3.65. The van der Waals surface area contributed by atoms with Gasteiger partial charge in [0.2, 0.25) is 17.2 Å². The molecule has 1 atom stereocenters. The van der Waals surface area contributed by atoms with Gasteiger partial charge < -0.3 is 53.4 Å². The molecule has 5 aliphatic heterocycles. The molecule has 4 saturated heterocycles. The van der Waals surface area contributed by atoms with Crippen molar-refractivity contribution in [2.75, 3.05) is 94.4 Å². The van der Waals surface area contributed by atoms with Gasteiger partial charge >= 0.3 is 5.97 Å². The number of likely N-dealkylation sites (tertiary alicyclic amines) is 2. The molecule has 0 amide bonds. The zero-order valence-corrected chi connectivity index (χ0v) is 65.6. The van der Waals surface area contributed by atoms with E-state index in [0.717, 1.165) is 77.2 Å². The number of ether oxygens (including phenoxy) is 7. The summed E-state index contributed by atoms with van der Waals surface area (Å²) in [7, 11) is 12.5. The zero-order valence-electron chi connectivity index (χ0n) is 62.8. The smallest absolute Gasteiger partial charge is 0.350 e. The minimum absolute atomic E-state index is 0.